The van der Waals surface area contributed by atoms with Gasteiger partial charge in [0, 0.05) is 29.9 Å². The summed E-state index contributed by atoms with van der Waals surface area (Å²) in [6.45, 7) is 27.0. The Morgan fingerprint density at radius 1 is 0.745 bits per heavy atom. The predicted molar refractivity (Wildman–Crippen MR) is 194 cm³/mol. The second-order valence-corrected chi connectivity index (χ2v) is 23.7. The molecule has 2 aromatic carbocycles. The van der Waals surface area contributed by atoms with E-state index in [-0.39, 0.29) is 34.9 Å². The van der Waals surface area contributed by atoms with Crippen LogP contribution in [0.5, 0.6) is 0 Å². The number of benzene rings is 2. The number of halogens is 2. The van der Waals surface area contributed by atoms with Crippen molar-refractivity contribution in [3.05, 3.63) is 89.0 Å². The minimum Gasteiger partial charge on any atom is -0.412 e. The number of hydrogen-bond acceptors (Lipinski definition) is 6. The molecule has 0 N–H and O–H groups in total. The summed E-state index contributed by atoms with van der Waals surface area (Å²) in [5.41, 5.74) is 2.25. The van der Waals surface area contributed by atoms with E-state index in [2.05, 4.69) is 74.3 Å². The van der Waals surface area contributed by atoms with Crippen LogP contribution in [0.3, 0.4) is 0 Å². The Bertz CT molecular complexity index is 1280. The molecule has 1 aliphatic rings. The maximum atomic E-state index is 13.8. The largest absolute Gasteiger partial charge is 0.412 e. The number of carbonyl (C=O) groups is 3. The first-order valence-corrected chi connectivity index (χ1v) is 21.6. The van der Waals surface area contributed by atoms with E-state index in [9.17, 15) is 18.4 Å². The quantitative estimate of drug-likeness (QED) is 0.140. The molecular weight excluding hydrogens is 635 g/mol. The van der Waals surface area contributed by atoms with E-state index in [0.29, 0.717) is 29.3 Å². The molecule has 3 rings (SSSR count). The molecule has 0 bridgehead atoms. The number of carbonyl (C=O) groups excluding carboxylic acids is 3. The van der Waals surface area contributed by atoms with Gasteiger partial charge in [-0.25, -0.2) is 8.78 Å². The Labute approximate surface area is 283 Å². The van der Waals surface area contributed by atoms with Crippen molar-refractivity contribution >= 4 is 41.6 Å². The summed E-state index contributed by atoms with van der Waals surface area (Å²) in [7, 11) is -3.79. The fraction of sp³-hybridized carbons (Fsp3) is 0.486. The molecule has 1 heterocycles. The van der Waals surface area contributed by atoms with E-state index in [1.54, 1.807) is 24.3 Å². The normalized spacial score (nSPS) is 13.3. The van der Waals surface area contributed by atoms with Gasteiger partial charge in [0.25, 0.3) is 0 Å². The van der Waals surface area contributed by atoms with Gasteiger partial charge in [0.1, 0.15) is 30.5 Å². The molecule has 1 aliphatic heterocycles. The molecule has 0 amide bonds. The zero-order valence-corrected chi connectivity index (χ0v) is 32.1. The van der Waals surface area contributed by atoms with Crippen molar-refractivity contribution in [2.75, 3.05) is 13.2 Å². The minimum absolute atomic E-state index is 0.0890. The summed E-state index contributed by atoms with van der Waals surface area (Å²) >= 11 is 0. The molecule has 0 radical (unpaired) electrons. The summed E-state index contributed by atoms with van der Waals surface area (Å²) in [5.74, 6) is -0.591. The van der Waals surface area contributed by atoms with Crippen LogP contribution in [0, 0.1) is 11.6 Å². The van der Waals surface area contributed by atoms with Gasteiger partial charge in [-0.1, -0.05) is 60.3 Å². The number of ether oxygens (including phenoxy) is 1. The topological polar surface area (TPSA) is 78.9 Å². The first-order chi connectivity index (χ1) is 21.8. The fourth-order valence-corrected chi connectivity index (χ4v) is 5.10. The highest BCUT2D eigenvalue weighted by molar-refractivity contribution is 6.74. The van der Waals surface area contributed by atoms with Gasteiger partial charge in [-0.3, -0.25) is 14.4 Å². The van der Waals surface area contributed by atoms with Crippen LogP contribution in [0.25, 0.3) is 6.08 Å². The second kappa shape index (κ2) is 21.2. The molecule has 0 saturated carbocycles. The highest BCUT2D eigenvalue weighted by Crippen LogP contribution is 2.38. The maximum absolute atomic E-state index is 13.8. The van der Waals surface area contributed by atoms with Gasteiger partial charge in [0.05, 0.1) is 13.2 Å². The fourth-order valence-electron chi connectivity index (χ4n) is 3.20. The monoisotopic (exact) mass is 690 g/mol. The Hall–Kier alpha value is -2.90. The summed E-state index contributed by atoms with van der Waals surface area (Å²) in [6.07, 6.45) is 8.86. The SMILES string of the molecule is C1CCOC1.C=CC=O.CC(C)(C)[Si](C)(C)OCc1cc(/C=C/C=O)ccc1F.CC(C)(C)[Si](C)(C)OCc1cc(C=O)ccc1F. The van der Waals surface area contributed by atoms with E-state index in [1.807, 2.05) is 0 Å². The molecule has 0 aliphatic carbocycles. The van der Waals surface area contributed by atoms with Gasteiger partial charge in [-0.05, 0) is 97.2 Å². The standard InChI is InChI=1S/C16H23FO2Si.C14H21FO2Si.C4H8O.C3H4O/c1-16(2,3)20(4,5)19-12-14-11-13(7-6-10-18)8-9-15(14)17;1-14(2,3)18(4,5)17-10-12-8-11(9-16)6-7-13(12)15;1-2-4-5-3-1;1-2-3-4/h6-11H,12H2,1-5H3;6-9H,10H2,1-5H3;1-4H2;2-3H,1H2/b7-6+;;;. The lowest BCUT2D eigenvalue weighted by Gasteiger charge is -2.36. The molecular formula is C37H56F2O6Si2. The predicted octanol–water partition coefficient (Wildman–Crippen LogP) is 9.89. The second-order valence-electron chi connectivity index (χ2n) is 14.1. The van der Waals surface area contributed by atoms with Gasteiger partial charge in [-0.2, -0.15) is 0 Å². The molecule has 0 atom stereocenters. The molecule has 2 aromatic rings. The lowest BCUT2D eigenvalue weighted by molar-refractivity contribution is -0.104. The van der Waals surface area contributed by atoms with Crippen LogP contribution in [0.1, 0.15) is 81.4 Å². The molecule has 47 heavy (non-hydrogen) atoms. The van der Waals surface area contributed by atoms with Crippen LogP contribution in [-0.4, -0.2) is 48.7 Å². The smallest absolute Gasteiger partial charge is 0.192 e. The van der Waals surface area contributed by atoms with Gasteiger partial charge < -0.3 is 13.6 Å². The Morgan fingerprint density at radius 2 is 1.15 bits per heavy atom. The van der Waals surface area contributed by atoms with Crippen molar-refractivity contribution in [3.8, 4) is 0 Å². The van der Waals surface area contributed by atoms with Crippen molar-refractivity contribution in [3.63, 3.8) is 0 Å². The average molecular weight is 691 g/mol. The zero-order valence-electron chi connectivity index (χ0n) is 30.1. The zero-order chi connectivity index (χ0) is 36.3. The number of aldehydes is 3. The lowest BCUT2D eigenvalue weighted by Crippen LogP contribution is -2.40. The maximum Gasteiger partial charge on any atom is 0.192 e. The number of hydrogen-bond donors (Lipinski definition) is 0. The van der Waals surface area contributed by atoms with Gasteiger partial charge >= 0.3 is 0 Å². The molecule has 1 fully saturated rings. The summed E-state index contributed by atoms with van der Waals surface area (Å²) in [5, 5.41) is 0.185. The lowest BCUT2D eigenvalue weighted by atomic mass is 10.1. The van der Waals surface area contributed by atoms with Crippen molar-refractivity contribution in [2.24, 2.45) is 0 Å². The first-order valence-electron chi connectivity index (χ1n) is 15.8. The van der Waals surface area contributed by atoms with Crippen molar-refractivity contribution in [1.29, 1.82) is 0 Å². The van der Waals surface area contributed by atoms with Crippen molar-refractivity contribution < 1.29 is 36.8 Å². The van der Waals surface area contributed by atoms with Crippen LogP contribution in [0.4, 0.5) is 8.78 Å². The van der Waals surface area contributed by atoms with E-state index in [4.69, 9.17) is 18.4 Å². The number of allylic oxidation sites excluding steroid dienone is 2. The van der Waals surface area contributed by atoms with E-state index < -0.39 is 16.6 Å². The average Bonchev–Trinajstić information content (AvgIpc) is 3.59. The van der Waals surface area contributed by atoms with E-state index in [1.165, 1.54) is 43.2 Å². The van der Waals surface area contributed by atoms with E-state index in [0.717, 1.165) is 25.1 Å². The van der Waals surface area contributed by atoms with Crippen LogP contribution < -0.4 is 0 Å². The molecule has 1 saturated heterocycles. The first kappa shape index (κ1) is 44.1. The Kier molecular flexibility index (Phi) is 19.8. The van der Waals surface area contributed by atoms with Gasteiger partial charge in [0.2, 0.25) is 0 Å². The van der Waals surface area contributed by atoms with Crippen molar-refractivity contribution in [2.45, 2.75) is 104 Å². The third kappa shape index (κ3) is 17.2. The summed E-state index contributed by atoms with van der Waals surface area (Å²) in [4.78, 5) is 30.0. The molecule has 0 unspecified atom stereocenters. The molecule has 0 aromatic heterocycles. The van der Waals surface area contributed by atoms with Crippen LogP contribution in [0.15, 0.2) is 55.1 Å². The summed E-state index contributed by atoms with van der Waals surface area (Å²) in [6, 6.07) is 9.12. The molecule has 262 valence electrons. The van der Waals surface area contributed by atoms with E-state index >= 15 is 0 Å². The minimum atomic E-state index is -1.89. The molecule has 10 heteroatoms. The third-order valence-corrected chi connectivity index (χ3v) is 17.3. The Morgan fingerprint density at radius 3 is 1.47 bits per heavy atom. The highest BCUT2D eigenvalue weighted by atomic mass is 28.4. The van der Waals surface area contributed by atoms with Gasteiger partial charge in [-0.15, -0.1) is 0 Å². The number of rotatable bonds is 10. The molecule has 0 spiro atoms. The van der Waals surface area contributed by atoms with Crippen LogP contribution >= 0.6 is 0 Å². The third-order valence-electron chi connectivity index (χ3n) is 8.36. The Balaban J connectivity index is 0.000000713. The van der Waals surface area contributed by atoms with Crippen molar-refractivity contribution in [1.82, 2.24) is 0 Å². The summed E-state index contributed by atoms with van der Waals surface area (Å²) < 4.78 is 44.3. The van der Waals surface area contributed by atoms with Crippen LogP contribution in [-0.2, 0) is 36.4 Å². The highest BCUT2D eigenvalue weighted by Gasteiger charge is 2.38. The van der Waals surface area contributed by atoms with Gasteiger partial charge in [0.15, 0.2) is 16.6 Å². The van der Waals surface area contributed by atoms with Crippen LogP contribution in [0.2, 0.25) is 36.3 Å². The molecule has 6 nitrogen and oxygen atoms in total.